The van der Waals surface area contributed by atoms with Gasteiger partial charge in [0.2, 0.25) is 0 Å². The molecule has 3 nitrogen and oxygen atoms in total. The van der Waals surface area contributed by atoms with Crippen LogP contribution in [0.5, 0.6) is 0 Å². The third kappa shape index (κ3) is 5.60. The first-order chi connectivity index (χ1) is 9.97. The second-order valence-electron chi connectivity index (χ2n) is 5.41. The maximum atomic E-state index is 8.36. The number of fused-ring (bicyclic) bond motifs is 1. The van der Waals surface area contributed by atoms with Crippen LogP contribution in [-0.2, 0) is 4.79 Å². The van der Waals surface area contributed by atoms with Gasteiger partial charge < -0.3 is 10.4 Å². The van der Waals surface area contributed by atoms with Crippen molar-refractivity contribution in [3.05, 3.63) is 41.8 Å². The number of rotatable bonds is 5. The molecule has 1 unspecified atom stereocenters. The van der Waals surface area contributed by atoms with Crippen LogP contribution in [-0.4, -0.2) is 17.6 Å². The van der Waals surface area contributed by atoms with E-state index in [0.29, 0.717) is 12.0 Å². The average Bonchev–Trinajstić information content (AvgIpc) is 2.82. The lowest BCUT2D eigenvalue weighted by atomic mass is 10.1. The van der Waals surface area contributed by atoms with Crippen molar-refractivity contribution in [3.63, 3.8) is 0 Å². The molecule has 2 aromatic rings. The monoisotopic (exact) mass is 305 g/mol. The summed E-state index contributed by atoms with van der Waals surface area (Å²) in [5.74, 6) is 0.711. The fraction of sp³-hybridized carbons (Fsp3) is 0.353. The van der Waals surface area contributed by atoms with E-state index >= 15 is 0 Å². The van der Waals surface area contributed by atoms with Crippen LogP contribution in [0.1, 0.15) is 32.1 Å². The molecular formula is C17H23NO2S. The minimum atomic E-state index is -0.250. The summed E-state index contributed by atoms with van der Waals surface area (Å²) in [6.07, 6.45) is 1.17. The van der Waals surface area contributed by atoms with Crippen molar-refractivity contribution < 1.29 is 9.90 Å². The molecule has 1 aromatic heterocycles. The molecular weight excluding hydrogens is 282 g/mol. The molecule has 0 aliphatic heterocycles. The second-order valence-corrected chi connectivity index (χ2v) is 6.49. The SMILES string of the molecule is C=C(NC(C)CC(C)C)c1cc2ccccc2s1.O=CO. The van der Waals surface area contributed by atoms with Gasteiger partial charge in [0.1, 0.15) is 0 Å². The molecule has 0 bridgehead atoms. The quantitative estimate of drug-likeness (QED) is 0.794. The van der Waals surface area contributed by atoms with Crippen molar-refractivity contribution in [2.75, 3.05) is 0 Å². The Morgan fingerprint density at radius 3 is 2.57 bits per heavy atom. The van der Waals surface area contributed by atoms with Crippen molar-refractivity contribution in [3.8, 4) is 0 Å². The van der Waals surface area contributed by atoms with Crippen LogP contribution in [0, 0.1) is 5.92 Å². The summed E-state index contributed by atoms with van der Waals surface area (Å²) < 4.78 is 1.33. The number of thiophene rings is 1. The van der Waals surface area contributed by atoms with Crippen LogP contribution in [0.2, 0.25) is 0 Å². The van der Waals surface area contributed by atoms with Crippen LogP contribution in [0.4, 0.5) is 0 Å². The molecule has 0 saturated carbocycles. The first kappa shape index (κ1) is 17.2. The summed E-state index contributed by atoms with van der Waals surface area (Å²) in [6, 6.07) is 11.2. The van der Waals surface area contributed by atoms with Crippen molar-refractivity contribution in [1.82, 2.24) is 5.32 Å². The van der Waals surface area contributed by atoms with Gasteiger partial charge in [-0.05, 0) is 36.8 Å². The topological polar surface area (TPSA) is 49.3 Å². The van der Waals surface area contributed by atoms with Gasteiger partial charge in [0.15, 0.2) is 0 Å². The minimum absolute atomic E-state index is 0.250. The molecule has 0 fully saturated rings. The Morgan fingerprint density at radius 1 is 1.38 bits per heavy atom. The highest BCUT2D eigenvalue weighted by Crippen LogP contribution is 2.29. The van der Waals surface area contributed by atoms with Crippen LogP contribution in [0.3, 0.4) is 0 Å². The molecule has 2 rings (SSSR count). The molecule has 4 heteroatoms. The summed E-state index contributed by atoms with van der Waals surface area (Å²) in [6.45, 7) is 10.6. The van der Waals surface area contributed by atoms with E-state index in [1.807, 2.05) is 0 Å². The van der Waals surface area contributed by atoms with Crippen molar-refractivity contribution in [2.45, 2.75) is 33.2 Å². The highest BCUT2D eigenvalue weighted by atomic mass is 32.1. The Labute approximate surface area is 130 Å². The van der Waals surface area contributed by atoms with Crippen LogP contribution >= 0.6 is 11.3 Å². The van der Waals surface area contributed by atoms with Crippen LogP contribution in [0.15, 0.2) is 36.9 Å². The standard InChI is InChI=1S/C16H21NS.CH2O2/c1-11(2)9-12(3)17-13(4)16-10-14-7-5-6-8-15(14)18-16;2-1-3/h5-8,10-12,17H,4,9H2,1-3H3;1H,(H,2,3). The number of carboxylic acid groups (broad SMARTS) is 1. The number of carbonyl (C=O) groups is 1. The van der Waals surface area contributed by atoms with Gasteiger partial charge in [-0.3, -0.25) is 4.79 Å². The van der Waals surface area contributed by atoms with Gasteiger partial charge in [0.05, 0.1) is 4.88 Å². The zero-order valence-electron chi connectivity index (χ0n) is 12.8. The summed E-state index contributed by atoms with van der Waals surface area (Å²) >= 11 is 1.80. The average molecular weight is 305 g/mol. The number of hydrogen-bond acceptors (Lipinski definition) is 3. The maximum absolute atomic E-state index is 8.36. The number of benzene rings is 1. The minimum Gasteiger partial charge on any atom is -0.483 e. The van der Waals surface area contributed by atoms with E-state index < -0.39 is 0 Å². The van der Waals surface area contributed by atoms with Gasteiger partial charge in [0.25, 0.3) is 6.47 Å². The summed E-state index contributed by atoms with van der Waals surface area (Å²) in [4.78, 5) is 9.60. The molecule has 2 N–H and O–H groups in total. The Hall–Kier alpha value is -1.81. The van der Waals surface area contributed by atoms with E-state index in [2.05, 4.69) is 63.0 Å². The van der Waals surface area contributed by atoms with Crippen LogP contribution < -0.4 is 5.32 Å². The molecule has 114 valence electrons. The molecule has 21 heavy (non-hydrogen) atoms. The largest absolute Gasteiger partial charge is 0.483 e. The Bertz CT molecular complexity index is 556. The van der Waals surface area contributed by atoms with Gasteiger partial charge >= 0.3 is 0 Å². The lowest BCUT2D eigenvalue weighted by molar-refractivity contribution is -0.122. The second kappa shape index (κ2) is 8.47. The molecule has 1 aromatic carbocycles. The first-order valence-corrected chi connectivity index (χ1v) is 7.81. The normalized spacial score (nSPS) is 11.6. The summed E-state index contributed by atoms with van der Waals surface area (Å²) in [5.41, 5.74) is 1.05. The molecule has 1 heterocycles. The summed E-state index contributed by atoms with van der Waals surface area (Å²) in [7, 11) is 0. The predicted octanol–water partition coefficient (Wildman–Crippen LogP) is 4.60. The zero-order valence-corrected chi connectivity index (χ0v) is 13.6. The molecule has 0 spiro atoms. The molecule has 1 atom stereocenters. The van der Waals surface area contributed by atoms with E-state index in [-0.39, 0.29) is 6.47 Å². The third-order valence-corrected chi connectivity index (χ3v) is 4.14. The Kier molecular flexibility index (Phi) is 6.96. The molecule has 0 saturated heterocycles. The van der Waals surface area contributed by atoms with E-state index in [9.17, 15) is 0 Å². The van der Waals surface area contributed by atoms with E-state index in [1.54, 1.807) is 11.3 Å². The lowest BCUT2D eigenvalue weighted by Crippen LogP contribution is -2.25. The Morgan fingerprint density at radius 2 is 2.00 bits per heavy atom. The highest BCUT2D eigenvalue weighted by Gasteiger charge is 2.09. The van der Waals surface area contributed by atoms with Gasteiger partial charge in [-0.15, -0.1) is 11.3 Å². The molecule has 0 amide bonds. The predicted molar refractivity (Wildman–Crippen MR) is 91.6 cm³/mol. The van der Waals surface area contributed by atoms with E-state index in [4.69, 9.17) is 9.90 Å². The van der Waals surface area contributed by atoms with Crippen molar-refractivity contribution in [2.24, 2.45) is 5.92 Å². The maximum Gasteiger partial charge on any atom is 0.290 e. The summed E-state index contributed by atoms with van der Waals surface area (Å²) in [5, 5.41) is 11.7. The molecule has 0 radical (unpaired) electrons. The van der Waals surface area contributed by atoms with Gasteiger partial charge in [-0.1, -0.05) is 38.6 Å². The smallest absolute Gasteiger partial charge is 0.290 e. The number of nitrogens with one attached hydrogen (secondary N) is 1. The van der Waals surface area contributed by atoms with Crippen molar-refractivity contribution in [1.29, 1.82) is 0 Å². The molecule has 0 aliphatic rings. The van der Waals surface area contributed by atoms with Gasteiger partial charge in [-0.25, -0.2) is 0 Å². The first-order valence-electron chi connectivity index (χ1n) is 7.00. The van der Waals surface area contributed by atoms with Gasteiger partial charge in [-0.2, -0.15) is 0 Å². The zero-order chi connectivity index (χ0) is 15.8. The molecule has 0 aliphatic carbocycles. The van der Waals surface area contributed by atoms with Crippen molar-refractivity contribution >= 4 is 33.6 Å². The fourth-order valence-electron chi connectivity index (χ4n) is 2.27. The van der Waals surface area contributed by atoms with E-state index in [0.717, 1.165) is 5.70 Å². The van der Waals surface area contributed by atoms with Crippen LogP contribution in [0.25, 0.3) is 15.8 Å². The Balaban J connectivity index is 0.000000677. The van der Waals surface area contributed by atoms with Gasteiger partial charge in [0, 0.05) is 16.4 Å². The fourth-order valence-corrected chi connectivity index (χ4v) is 3.26. The lowest BCUT2D eigenvalue weighted by Gasteiger charge is -2.18. The third-order valence-electron chi connectivity index (χ3n) is 2.97. The highest BCUT2D eigenvalue weighted by molar-refractivity contribution is 7.20. The number of hydrogen-bond donors (Lipinski definition) is 2. The van der Waals surface area contributed by atoms with E-state index in [1.165, 1.54) is 21.4 Å².